The molecule has 0 aliphatic heterocycles. The minimum Gasteiger partial charge on any atom is -0.380 e. The lowest BCUT2D eigenvalue weighted by Crippen LogP contribution is -2.43. The average molecular weight is 244 g/mol. The summed E-state index contributed by atoms with van der Waals surface area (Å²) in [6.45, 7) is 16.0. The first-order valence-electron chi connectivity index (χ1n) is 6.93. The Bertz CT molecular complexity index is 185. The molecule has 0 spiro atoms. The van der Waals surface area contributed by atoms with Crippen LogP contribution in [0.15, 0.2) is 0 Å². The van der Waals surface area contributed by atoms with Crippen molar-refractivity contribution in [1.29, 1.82) is 0 Å². The Balaban J connectivity index is 3.98. The van der Waals surface area contributed by atoms with Crippen molar-refractivity contribution < 1.29 is 4.74 Å². The topological polar surface area (TPSA) is 24.5 Å². The molecule has 0 saturated heterocycles. The molecule has 3 nitrogen and oxygen atoms in total. The van der Waals surface area contributed by atoms with Gasteiger partial charge in [0.25, 0.3) is 0 Å². The summed E-state index contributed by atoms with van der Waals surface area (Å²) < 4.78 is 5.39. The van der Waals surface area contributed by atoms with E-state index in [9.17, 15) is 0 Å². The van der Waals surface area contributed by atoms with Crippen LogP contribution in [0.25, 0.3) is 0 Å². The van der Waals surface area contributed by atoms with Gasteiger partial charge in [0.1, 0.15) is 0 Å². The minimum absolute atomic E-state index is 0.352. The lowest BCUT2D eigenvalue weighted by molar-refractivity contribution is 0.101. The molecule has 0 radical (unpaired) electrons. The molecule has 1 N–H and O–H groups in total. The van der Waals surface area contributed by atoms with Crippen LogP contribution in [0.2, 0.25) is 0 Å². The van der Waals surface area contributed by atoms with Crippen LogP contribution in [0.3, 0.4) is 0 Å². The van der Waals surface area contributed by atoms with Crippen molar-refractivity contribution in [3.8, 4) is 0 Å². The number of likely N-dealkylation sites (N-methyl/N-ethyl adjacent to an activating group) is 1. The fourth-order valence-electron chi connectivity index (χ4n) is 1.84. The number of hydrogen-bond acceptors (Lipinski definition) is 3. The van der Waals surface area contributed by atoms with Crippen LogP contribution in [0, 0.1) is 5.41 Å². The maximum atomic E-state index is 5.39. The van der Waals surface area contributed by atoms with Gasteiger partial charge in [0, 0.05) is 32.3 Å². The molecule has 0 aromatic rings. The molecule has 0 rings (SSSR count). The van der Waals surface area contributed by atoms with Gasteiger partial charge in [0.15, 0.2) is 0 Å². The molecule has 1 atom stereocenters. The molecule has 0 aromatic heterocycles. The number of rotatable bonds is 10. The van der Waals surface area contributed by atoms with E-state index < -0.39 is 0 Å². The second kappa shape index (κ2) is 8.90. The van der Waals surface area contributed by atoms with Gasteiger partial charge >= 0.3 is 0 Å². The van der Waals surface area contributed by atoms with Gasteiger partial charge in [-0.25, -0.2) is 0 Å². The summed E-state index contributed by atoms with van der Waals surface area (Å²) in [5, 5.41) is 3.55. The van der Waals surface area contributed by atoms with E-state index in [4.69, 9.17) is 4.74 Å². The van der Waals surface area contributed by atoms with Crippen molar-refractivity contribution in [2.45, 2.75) is 47.1 Å². The monoisotopic (exact) mass is 244 g/mol. The molecule has 17 heavy (non-hydrogen) atoms. The van der Waals surface area contributed by atoms with Crippen molar-refractivity contribution in [3.63, 3.8) is 0 Å². The summed E-state index contributed by atoms with van der Waals surface area (Å²) in [4.78, 5) is 2.38. The van der Waals surface area contributed by atoms with Crippen LogP contribution in [0.4, 0.5) is 0 Å². The summed E-state index contributed by atoms with van der Waals surface area (Å²) in [5.74, 6) is 0. The van der Waals surface area contributed by atoms with Gasteiger partial charge in [0.05, 0.1) is 6.61 Å². The molecular weight excluding hydrogens is 212 g/mol. The Morgan fingerprint density at radius 1 is 1.29 bits per heavy atom. The predicted octanol–water partition coefficient (Wildman–Crippen LogP) is 2.37. The molecular formula is C14H32N2O. The van der Waals surface area contributed by atoms with Crippen molar-refractivity contribution in [2.24, 2.45) is 5.41 Å². The van der Waals surface area contributed by atoms with Gasteiger partial charge in [-0.1, -0.05) is 27.7 Å². The van der Waals surface area contributed by atoms with E-state index in [0.29, 0.717) is 11.5 Å². The lowest BCUT2D eigenvalue weighted by atomic mass is 9.86. The SMILES string of the molecule is CCOCCN(C)CC(C)(CC)CNC(C)C. The van der Waals surface area contributed by atoms with E-state index in [1.54, 1.807) is 0 Å². The first-order valence-corrected chi connectivity index (χ1v) is 6.93. The fraction of sp³-hybridized carbons (Fsp3) is 1.00. The summed E-state index contributed by atoms with van der Waals surface area (Å²) in [6.07, 6.45) is 1.20. The van der Waals surface area contributed by atoms with Crippen LogP contribution in [0.5, 0.6) is 0 Å². The third kappa shape index (κ3) is 8.58. The van der Waals surface area contributed by atoms with Crippen molar-refractivity contribution in [1.82, 2.24) is 10.2 Å². The molecule has 0 heterocycles. The molecule has 0 aromatic carbocycles. The Hall–Kier alpha value is -0.120. The highest BCUT2D eigenvalue weighted by molar-refractivity contribution is 4.79. The zero-order chi connectivity index (χ0) is 13.3. The Kier molecular flexibility index (Phi) is 8.83. The Morgan fingerprint density at radius 2 is 1.94 bits per heavy atom. The lowest BCUT2D eigenvalue weighted by Gasteiger charge is -2.34. The summed E-state index contributed by atoms with van der Waals surface area (Å²) in [5.41, 5.74) is 0.352. The molecule has 0 saturated carbocycles. The zero-order valence-corrected chi connectivity index (χ0v) is 12.7. The molecule has 0 fully saturated rings. The summed E-state index contributed by atoms with van der Waals surface area (Å²) >= 11 is 0. The smallest absolute Gasteiger partial charge is 0.0593 e. The fourth-order valence-corrected chi connectivity index (χ4v) is 1.84. The number of nitrogens with zero attached hydrogens (tertiary/aromatic N) is 1. The highest BCUT2D eigenvalue weighted by atomic mass is 16.5. The van der Waals surface area contributed by atoms with Crippen LogP contribution in [-0.2, 0) is 4.74 Å². The second-order valence-electron chi connectivity index (χ2n) is 5.63. The quantitative estimate of drug-likeness (QED) is 0.597. The van der Waals surface area contributed by atoms with E-state index in [1.165, 1.54) is 6.42 Å². The Morgan fingerprint density at radius 3 is 2.41 bits per heavy atom. The molecule has 0 aliphatic rings. The number of ether oxygens (including phenoxy) is 1. The van der Waals surface area contributed by atoms with Crippen LogP contribution in [0.1, 0.15) is 41.0 Å². The summed E-state index contributed by atoms with van der Waals surface area (Å²) in [6, 6.07) is 0.564. The molecule has 0 bridgehead atoms. The normalized spacial score (nSPS) is 15.5. The Labute approximate surface area is 108 Å². The van der Waals surface area contributed by atoms with Gasteiger partial charge in [0.2, 0.25) is 0 Å². The van der Waals surface area contributed by atoms with E-state index in [0.717, 1.165) is 32.8 Å². The van der Waals surface area contributed by atoms with Gasteiger partial charge < -0.3 is 15.0 Å². The standard InChI is InChI=1S/C14H32N2O/c1-7-14(5,11-15-13(3)4)12-16(6)9-10-17-8-2/h13,15H,7-12H2,1-6H3. The predicted molar refractivity (Wildman–Crippen MR) is 75.5 cm³/mol. The van der Waals surface area contributed by atoms with E-state index in [-0.39, 0.29) is 0 Å². The molecule has 3 heteroatoms. The first-order chi connectivity index (χ1) is 7.93. The van der Waals surface area contributed by atoms with Crippen molar-refractivity contribution in [3.05, 3.63) is 0 Å². The largest absolute Gasteiger partial charge is 0.380 e. The van der Waals surface area contributed by atoms with Gasteiger partial charge in [-0.05, 0) is 25.8 Å². The highest BCUT2D eigenvalue weighted by Gasteiger charge is 2.23. The third-order valence-electron chi connectivity index (χ3n) is 3.26. The maximum Gasteiger partial charge on any atom is 0.0593 e. The third-order valence-corrected chi connectivity index (χ3v) is 3.26. The van der Waals surface area contributed by atoms with Gasteiger partial charge in [-0.15, -0.1) is 0 Å². The number of nitrogens with one attached hydrogen (secondary N) is 1. The van der Waals surface area contributed by atoms with Crippen LogP contribution >= 0.6 is 0 Å². The zero-order valence-electron chi connectivity index (χ0n) is 12.7. The second-order valence-corrected chi connectivity index (χ2v) is 5.63. The molecule has 0 aliphatic carbocycles. The highest BCUT2D eigenvalue weighted by Crippen LogP contribution is 2.21. The molecule has 1 unspecified atom stereocenters. The average Bonchev–Trinajstić information content (AvgIpc) is 2.27. The van der Waals surface area contributed by atoms with E-state index in [1.807, 2.05) is 6.92 Å². The van der Waals surface area contributed by atoms with Crippen LogP contribution < -0.4 is 5.32 Å². The molecule has 0 amide bonds. The molecule has 104 valence electrons. The summed E-state index contributed by atoms with van der Waals surface area (Å²) in [7, 11) is 2.18. The van der Waals surface area contributed by atoms with Crippen LogP contribution in [-0.4, -0.2) is 50.8 Å². The van der Waals surface area contributed by atoms with E-state index >= 15 is 0 Å². The van der Waals surface area contributed by atoms with Gasteiger partial charge in [-0.2, -0.15) is 0 Å². The minimum atomic E-state index is 0.352. The van der Waals surface area contributed by atoms with Crippen molar-refractivity contribution in [2.75, 3.05) is 39.9 Å². The number of hydrogen-bond donors (Lipinski definition) is 1. The van der Waals surface area contributed by atoms with Crippen molar-refractivity contribution >= 4 is 0 Å². The first kappa shape index (κ1) is 16.9. The van der Waals surface area contributed by atoms with Gasteiger partial charge in [-0.3, -0.25) is 0 Å². The maximum absolute atomic E-state index is 5.39. The van der Waals surface area contributed by atoms with E-state index in [2.05, 4.69) is 45.0 Å².